The van der Waals surface area contributed by atoms with Gasteiger partial charge in [-0.15, -0.1) is 0 Å². The highest BCUT2D eigenvalue weighted by molar-refractivity contribution is 9.10. The van der Waals surface area contributed by atoms with Crippen molar-refractivity contribution in [2.45, 2.75) is 4.90 Å². The normalized spacial score (nSPS) is 15.7. The molecule has 1 saturated heterocycles. The molecule has 0 aromatic heterocycles. The van der Waals surface area contributed by atoms with Gasteiger partial charge in [-0.25, -0.2) is 8.42 Å². The number of methoxy groups -OCH3 is 2. The predicted molar refractivity (Wildman–Crippen MR) is 105 cm³/mol. The smallest absolute Gasteiger partial charge is 0.243 e. The van der Waals surface area contributed by atoms with Crippen LogP contribution in [0.2, 0.25) is 0 Å². The summed E-state index contributed by atoms with van der Waals surface area (Å²) in [5.74, 6) is 1.44. The van der Waals surface area contributed by atoms with Crippen LogP contribution in [-0.4, -0.2) is 53.1 Å². The van der Waals surface area contributed by atoms with Gasteiger partial charge < -0.3 is 14.4 Å². The number of sulfonamides is 1. The molecule has 1 fully saturated rings. The molecule has 8 heteroatoms. The van der Waals surface area contributed by atoms with E-state index in [1.165, 1.54) is 4.31 Å². The Hall–Kier alpha value is -1.77. The largest absolute Gasteiger partial charge is 0.497 e. The predicted octanol–water partition coefficient (Wildman–Crippen LogP) is 2.98. The quantitative estimate of drug-likeness (QED) is 0.714. The van der Waals surface area contributed by atoms with Crippen LogP contribution in [0.15, 0.2) is 51.8 Å². The number of hydrogen-bond acceptors (Lipinski definition) is 5. The number of piperazine rings is 1. The highest BCUT2D eigenvalue weighted by atomic mass is 79.9. The van der Waals surface area contributed by atoms with Crippen molar-refractivity contribution in [3.63, 3.8) is 0 Å². The standard InChI is InChI=1S/C18H21BrN2O4S/c1-24-15-6-7-17(18(13-15)25-2)20-8-10-21(11-9-20)26(22,23)16-5-3-4-14(19)12-16/h3-7,12-13H,8-11H2,1-2H3. The number of ether oxygens (including phenoxy) is 2. The monoisotopic (exact) mass is 440 g/mol. The van der Waals surface area contributed by atoms with Crippen molar-refractivity contribution in [3.8, 4) is 11.5 Å². The van der Waals surface area contributed by atoms with Crippen molar-refractivity contribution < 1.29 is 17.9 Å². The lowest BCUT2D eigenvalue weighted by Gasteiger charge is -2.36. The van der Waals surface area contributed by atoms with Crippen LogP contribution in [0.3, 0.4) is 0 Å². The Bertz CT molecular complexity index is 881. The summed E-state index contributed by atoms with van der Waals surface area (Å²) in [7, 11) is -0.263. The third-order valence-corrected chi connectivity index (χ3v) is 6.79. The van der Waals surface area contributed by atoms with Crippen LogP contribution in [0.25, 0.3) is 0 Å². The Morgan fingerprint density at radius 2 is 1.69 bits per heavy atom. The molecular formula is C18H21BrN2O4S. The highest BCUT2D eigenvalue weighted by Crippen LogP contribution is 2.33. The fraction of sp³-hybridized carbons (Fsp3) is 0.333. The number of rotatable bonds is 5. The molecule has 0 N–H and O–H groups in total. The van der Waals surface area contributed by atoms with Gasteiger partial charge in [0.05, 0.1) is 24.8 Å². The second-order valence-corrected chi connectivity index (χ2v) is 8.74. The molecule has 140 valence electrons. The molecule has 0 radical (unpaired) electrons. The fourth-order valence-electron chi connectivity index (χ4n) is 2.99. The molecule has 6 nitrogen and oxygen atoms in total. The van der Waals surface area contributed by atoms with Crippen LogP contribution in [0, 0.1) is 0 Å². The molecule has 0 unspecified atom stereocenters. The molecule has 26 heavy (non-hydrogen) atoms. The van der Waals surface area contributed by atoms with Gasteiger partial charge in [0.2, 0.25) is 10.0 Å². The van der Waals surface area contributed by atoms with Gasteiger partial charge in [-0.2, -0.15) is 4.31 Å². The molecular weight excluding hydrogens is 420 g/mol. The molecule has 0 spiro atoms. The summed E-state index contributed by atoms with van der Waals surface area (Å²) in [6.07, 6.45) is 0. The molecule has 0 bridgehead atoms. The molecule has 0 saturated carbocycles. The zero-order valence-corrected chi connectivity index (χ0v) is 17.1. The summed E-state index contributed by atoms with van der Waals surface area (Å²) in [4.78, 5) is 2.44. The van der Waals surface area contributed by atoms with Gasteiger partial charge in [0.1, 0.15) is 11.5 Å². The van der Waals surface area contributed by atoms with Gasteiger partial charge in [0.15, 0.2) is 0 Å². The Kier molecular flexibility index (Phi) is 5.74. The van der Waals surface area contributed by atoms with Gasteiger partial charge in [0.25, 0.3) is 0 Å². The van der Waals surface area contributed by atoms with Gasteiger partial charge in [-0.3, -0.25) is 0 Å². The maximum Gasteiger partial charge on any atom is 0.243 e. The summed E-state index contributed by atoms with van der Waals surface area (Å²) in [5.41, 5.74) is 0.938. The zero-order chi connectivity index (χ0) is 18.7. The van der Waals surface area contributed by atoms with Crippen molar-refractivity contribution >= 4 is 31.6 Å². The van der Waals surface area contributed by atoms with E-state index in [2.05, 4.69) is 20.8 Å². The maximum atomic E-state index is 12.8. The summed E-state index contributed by atoms with van der Waals surface area (Å²) < 4.78 is 38.6. The van der Waals surface area contributed by atoms with Crippen molar-refractivity contribution in [1.82, 2.24) is 4.31 Å². The molecule has 0 aliphatic carbocycles. The van der Waals surface area contributed by atoms with E-state index in [0.29, 0.717) is 36.8 Å². The fourth-order valence-corrected chi connectivity index (χ4v) is 5.01. The maximum absolute atomic E-state index is 12.8. The number of nitrogens with zero attached hydrogens (tertiary/aromatic N) is 2. The lowest BCUT2D eigenvalue weighted by atomic mass is 10.2. The minimum atomic E-state index is -3.49. The average molecular weight is 441 g/mol. The molecule has 2 aromatic carbocycles. The van der Waals surface area contributed by atoms with E-state index in [1.807, 2.05) is 24.3 Å². The first kappa shape index (κ1) is 19.0. The summed E-state index contributed by atoms with van der Waals surface area (Å²) in [6, 6.07) is 12.5. The first-order chi connectivity index (χ1) is 12.5. The van der Waals surface area contributed by atoms with Crippen LogP contribution < -0.4 is 14.4 Å². The topological polar surface area (TPSA) is 59.1 Å². The average Bonchev–Trinajstić information content (AvgIpc) is 2.67. The molecule has 3 rings (SSSR count). The third-order valence-electron chi connectivity index (χ3n) is 4.40. The first-order valence-electron chi connectivity index (χ1n) is 8.18. The van der Waals surface area contributed by atoms with Crippen molar-refractivity contribution in [3.05, 3.63) is 46.9 Å². The third kappa shape index (κ3) is 3.82. The van der Waals surface area contributed by atoms with E-state index in [-0.39, 0.29) is 0 Å². The molecule has 0 atom stereocenters. The lowest BCUT2D eigenvalue weighted by Crippen LogP contribution is -2.48. The van der Waals surface area contributed by atoms with E-state index >= 15 is 0 Å². The van der Waals surface area contributed by atoms with Crippen molar-refractivity contribution in [2.75, 3.05) is 45.3 Å². The molecule has 1 heterocycles. The van der Waals surface area contributed by atoms with E-state index in [0.717, 1.165) is 15.9 Å². The zero-order valence-electron chi connectivity index (χ0n) is 14.7. The second-order valence-electron chi connectivity index (χ2n) is 5.89. The Balaban J connectivity index is 1.75. The second kappa shape index (κ2) is 7.85. The lowest BCUT2D eigenvalue weighted by molar-refractivity contribution is 0.375. The van der Waals surface area contributed by atoms with Crippen LogP contribution in [0.5, 0.6) is 11.5 Å². The molecule has 2 aromatic rings. The first-order valence-corrected chi connectivity index (χ1v) is 10.4. The number of benzene rings is 2. The van der Waals surface area contributed by atoms with Crippen LogP contribution >= 0.6 is 15.9 Å². The summed E-state index contributed by atoms with van der Waals surface area (Å²) in [6.45, 7) is 2.03. The number of halogens is 1. The van der Waals surface area contributed by atoms with E-state index < -0.39 is 10.0 Å². The molecule has 1 aliphatic rings. The van der Waals surface area contributed by atoms with Gasteiger partial charge in [-0.1, -0.05) is 22.0 Å². The van der Waals surface area contributed by atoms with Crippen LogP contribution in [0.4, 0.5) is 5.69 Å². The van der Waals surface area contributed by atoms with Crippen molar-refractivity contribution in [2.24, 2.45) is 0 Å². The van der Waals surface area contributed by atoms with Crippen LogP contribution in [-0.2, 0) is 10.0 Å². The molecule has 1 aliphatic heterocycles. The summed E-state index contributed by atoms with van der Waals surface area (Å²) >= 11 is 3.33. The number of hydrogen-bond donors (Lipinski definition) is 0. The molecule has 0 amide bonds. The van der Waals surface area contributed by atoms with Crippen LogP contribution in [0.1, 0.15) is 0 Å². The van der Waals surface area contributed by atoms with Crippen molar-refractivity contribution in [1.29, 1.82) is 0 Å². The van der Waals surface area contributed by atoms with E-state index in [4.69, 9.17) is 9.47 Å². The van der Waals surface area contributed by atoms with Gasteiger partial charge in [-0.05, 0) is 30.3 Å². The van der Waals surface area contributed by atoms with Gasteiger partial charge in [0, 0.05) is 36.7 Å². The van der Waals surface area contributed by atoms with Gasteiger partial charge >= 0.3 is 0 Å². The minimum absolute atomic E-state index is 0.308. The Labute approximate surface area is 162 Å². The SMILES string of the molecule is COc1ccc(N2CCN(S(=O)(=O)c3cccc(Br)c3)CC2)c(OC)c1. The Morgan fingerprint density at radius 1 is 0.962 bits per heavy atom. The van der Waals surface area contributed by atoms with E-state index in [9.17, 15) is 8.42 Å². The summed E-state index contributed by atoms with van der Waals surface area (Å²) in [5, 5.41) is 0. The highest BCUT2D eigenvalue weighted by Gasteiger charge is 2.29. The Morgan fingerprint density at radius 3 is 2.31 bits per heavy atom. The minimum Gasteiger partial charge on any atom is -0.497 e. The van der Waals surface area contributed by atoms with E-state index in [1.54, 1.807) is 32.4 Å². The number of anilines is 1.